The largest absolute Gasteiger partial charge is 0.497 e. The van der Waals surface area contributed by atoms with Gasteiger partial charge < -0.3 is 19.3 Å². The van der Waals surface area contributed by atoms with Gasteiger partial charge in [-0.2, -0.15) is 0 Å². The molecule has 0 bridgehead atoms. The molecule has 8 heteroatoms. The molecule has 2 rings (SSSR count). The lowest BCUT2D eigenvalue weighted by atomic mass is 9.98. The lowest BCUT2D eigenvalue weighted by molar-refractivity contribution is -0.152. The third-order valence-corrected chi connectivity index (χ3v) is 5.96. The van der Waals surface area contributed by atoms with Crippen LogP contribution >= 0.6 is 11.8 Å². The first-order valence-corrected chi connectivity index (χ1v) is 10.7. The molecule has 29 heavy (non-hydrogen) atoms. The lowest BCUT2D eigenvalue weighted by Gasteiger charge is -2.33. The number of amides is 2. The van der Waals surface area contributed by atoms with Crippen LogP contribution in [0, 0.1) is 5.92 Å². The Hall–Kier alpha value is -2.22. The second-order valence-electron chi connectivity index (χ2n) is 7.06. The zero-order chi connectivity index (χ0) is 21.4. The van der Waals surface area contributed by atoms with Crippen LogP contribution in [0.2, 0.25) is 0 Å². The van der Waals surface area contributed by atoms with Crippen LogP contribution in [0.1, 0.15) is 26.7 Å². The number of hydrogen-bond donors (Lipinski definition) is 0. The molecule has 0 aliphatic carbocycles. The highest BCUT2D eigenvalue weighted by atomic mass is 32.2. The van der Waals surface area contributed by atoms with Gasteiger partial charge in [0.2, 0.25) is 11.8 Å². The van der Waals surface area contributed by atoms with Crippen molar-refractivity contribution in [2.75, 3.05) is 40.4 Å². The summed E-state index contributed by atoms with van der Waals surface area (Å²) in [4.78, 5) is 41.4. The van der Waals surface area contributed by atoms with Gasteiger partial charge in [0.05, 0.1) is 31.4 Å². The predicted octanol–water partition coefficient (Wildman–Crippen LogP) is 2.44. The summed E-state index contributed by atoms with van der Waals surface area (Å²) in [6, 6.07) is 7.51. The van der Waals surface area contributed by atoms with E-state index in [4.69, 9.17) is 9.47 Å². The fourth-order valence-corrected chi connectivity index (χ4v) is 4.24. The maximum atomic E-state index is 12.7. The van der Waals surface area contributed by atoms with E-state index in [0.29, 0.717) is 19.7 Å². The van der Waals surface area contributed by atoms with Crippen molar-refractivity contribution < 1.29 is 23.9 Å². The van der Waals surface area contributed by atoms with E-state index in [1.807, 2.05) is 31.2 Å². The minimum Gasteiger partial charge on any atom is -0.497 e. The van der Waals surface area contributed by atoms with E-state index in [1.165, 1.54) is 16.7 Å². The SMILES string of the molecule is CCOC(=O)C1CCCN(C(=O)CN(C)C(=O)C(C)Sc2ccc(OC)cc2)C1. The molecule has 1 heterocycles. The fraction of sp³-hybridized carbons (Fsp3) is 0.571. The number of benzene rings is 1. The van der Waals surface area contributed by atoms with Crippen LogP contribution in [0.15, 0.2) is 29.2 Å². The number of rotatable bonds is 8. The molecule has 160 valence electrons. The smallest absolute Gasteiger partial charge is 0.310 e. The van der Waals surface area contributed by atoms with E-state index < -0.39 is 0 Å². The van der Waals surface area contributed by atoms with Crippen LogP contribution in [0.3, 0.4) is 0 Å². The van der Waals surface area contributed by atoms with Crippen LogP contribution in [-0.2, 0) is 19.1 Å². The van der Waals surface area contributed by atoms with Crippen molar-refractivity contribution in [3.63, 3.8) is 0 Å². The molecule has 1 saturated heterocycles. The van der Waals surface area contributed by atoms with E-state index in [2.05, 4.69) is 0 Å². The van der Waals surface area contributed by atoms with Gasteiger partial charge >= 0.3 is 5.97 Å². The van der Waals surface area contributed by atoms with E-state index in [-0.39, 0.29) is 35.5 Å². The van der Waals surface area contributed by atoms with Crippen molar-refractivity contribution in [2.45, 2.75) is 36.8 Å². The van der Waals surface area contributed by atoms with Gasteiger partial charge in [0, 0.05) is 25.0 Å². The van der Waals surface area contributed by atoms with Gasteiger partial charge in [0.25, 0.3) is 0 Å². The first-order valence-electron chi connectivity index (χ1n) is 9.85. The molecule has 0 spiro atoms. The fourth-order valence-electron chi connectivity index (χ4n) is 3.26. The number of nitrogens with zero attached hydrogens (tertiary/aromatic N) is 2. The van der Waals surface area contributed by atoms with Crippen molar-refractivity contribution in [3.8, 4) is 5.75 Å². The number of esters is 1. The number of thioether (sulfide) groups is 1. The van der Waals surface area contributed by atoms with Crippen LogP contribution in [0.4, 0.5) is 0 Å². The molecule has 1 aliphatic heterocycles. The van der Waals surface area contributed by atoms with Gasteiger partial charge in [-0.1, -0.05) is 0 Å². The predicted molar refractivity (Wildman–Crippen MR) is 112 cm³/mol. The van der Waals surface area contributed by atoms with Crippen LogP contribution in [-0.4, -0.2) is 73.2 Å². The molecule has 0 N–H and O–H groups in total. The van der Waals surface area contributed by atoms with E-state index in [0.717, 1.165) is 23.5 Å². The Morgan fingerprint density at radius 2 is 1.97 bits per heavy atom. The number of likely N-dealkylation sites (N-methyl/N-ethyl adjacent to an activating group) is 1. The molecule has 1 aromatic rings. The van der Waals surface area contributed by atoms with Crippen LogP contribution < -0.4 is 4.74 Å². The maximum Gasteiger partial charge on any atom is 0.310 e. The minimum atomic E-state index is -0.324. The van der Waals surface area contributed by atoms with Crippen molar-refractivity contribution >= 4 is 29.5 Å². The Kier molecular flexibility index (Phi) is 8.82. The van der Waals surface area contributed by atoms with Gasteiger partial charge in [-0.25, -0.2) is 0 Å². The van der Waals surface area contributed by atoms with Gasteiger partial charge in [-0.3, -0.25) is 14.4 Å². The molecule has 2 amide bonds. The van der Waals surface area contributed by atoms with E-state index >= 15 is 0 Å². The second kappa shape index (κ2) is 11.1. The molecule has 0 saturated carbocycles. The van der Waals surface area contributed by atoms with Crippen molar-refractivity contribution in [2.24, 2.45) is 5.92 Å². The number of likely N-dealkylation sites (tertiary alicyclic amines) is 1. The highest BCUT2D eigenvalue weighted by Gasteiger charge is 2.30. The Bertz CT molecular complexity index is 710. The third-order valence-electron chi connectivity index (χ3n) is 4.86. The number of piperidine rings is 1. The van der Waals surface area contributed by atoms with Crippen molar-refractivity contribution in [3.05, 3.63) is 24.3 Å². The Balaban J connectivity index is 1.86. The first-order chi connectivity index (χ1) is 13.8. The van der Waals surface area contributed by atoms with Crippen LogP contribution in [0.5, 0.6) is 5.75 Å². The van der Waals surface area contributed by atoms with E-state index in [1.54, 1.807) is 26.0 Å². The molecule has 1 aliphatic rings. The topological polar surface area (TPSA) is 76.2 Å². The summed E-state index contributed by atoms with van der Waals surface area (Å²) in [5.41, 5.74) is 0. The number of hydrogen-bond acceptors (Lipinski definition) is 6. The quantitative estimate of drug-likeness (QED) is 0.473. The molecule has 1 aromatic carbocycles. The van der Waals surface area contributed by atoms with Gasteiger partial charge in [-0.15, -0.1) is 11.8 Å². The summed E-state index contributed by atoms with van der Waals surface area (Å²) in [5, 5.41) is -0.324. The summed E-state index contributed by atoms with van der Waals surface area (Å²) in [5.74, 6) is -0.0227. The summed E-state index contributed by atoms with van der Waals surface area (Å²) < 4.78 is 10.2. The highest BCUT2D eigenvalue weighted by molar-refractivity contribution is 8.00. The average Bonchev–Trinajstić information content (AvgIpc) is 2.73. The Morgan fingerprint density at radius 3 is 2.59 bits per heavy atom. The monoisotopic (exact) mass is 422 g/mol. The van der Waals surface area contributed by atoms with Gasteiger partial charge in [0.15, 0.2) is 0 Å². The summed E-state index contributed by atoms with van der Waals surface area (Å²) in [7, 11) is 3.25. The van der Waals surface area contributed by atoms with Crippen molar-refractivity contribution in [1.29, 1.82) is 0 Å². The zero-order valence-electron chi connectivity index (χ0n) is 17.6. The number of carbonyl (C=O) groups is 3. The normalized spacial score (nSPS) is 17.4. The van der Waals surface area contributed by atoms with Gasteiger partial charge in [0.1, 0.15) is 5.75 Å². The Morgan fingerprint density at radius 1 is 1.28 bits per heavy atom. The average molecular weight is 423 g/mol. The number of ether oxygens (including phenoxy) is 2. The molecular formula is C21H30N2O5S. The molecule has 1 fully saturated rings. The number of carbonyl (C=O) groups excluding carboxylic acids is 3. The molecule has 0 radical (unpaired) electrons. The minimum absolute atomic E-state index is 0.00188. The summed E-state index contributed by atoms with van der Waals surface area (Å²) >= 11 is 1.44. The Labute approximate surface area is 176 Å². The van der Waals surface area contributed by atoms with Crippen LogP contribution in [0.25, 0.3) is 0 Å². The van der Waals surface area contributed by atoms with Gasteiger partial charge in [-0.05, 0) is 51.0 Å². The third kappa shape index (κ3) is 6.66. The zero-order valence-corrected chi connectivity index (χ0v) is 18.4. The lowest BCUT2D eigenvalue weighted by Crippen LogP contribution is -2.48. The number of methoxy groups -OCH3 is 1. The maximum absolute atomic E-state index is 12.7. The molecule has 0 aromatic heterocycles. The summed E-state index contributed by atoms with van der Waals surface area (Å²) in [6.07, 6.45) is 1.49. The van der Waals surface area contributed by atoms with Crippen molar-refractivity contribution in [1.82, 2.24) is 9.80 Å². The molecular weight excluding hydrogens is 392 g/mol. The first kappa shape index (κ1) is 23.1. The second-order valence-corrected chi connectivity index (χ2v) is 8.48. The molecule has 2 atom stereocenters. The molecule has 2 unspecified atom stereocenters. The standard InChI is InChI=1S/C21H30N2O5S/c1-5-28-21(26)16-7-6-12-23(13-16)19(24)14-22(3)20(25)15(2)29-18-10-8-17(27-4)9-11-18/h8-11,15-16H,5-7,12-14H2,1-4H3. The summed E-state index contributed by atoms with van der Waals surface area (Å²) in [6.45, 7) is 4.90. The molecule has 7 nitrogen and oxygen atoms in total. The van der Waals surface area contributed by atoms with E-state index in [9.17, 15) is 14.4 Å². The highest BCUT2D eigenvalue weighted by Crippen LogP contribution is 2.26.